The van der Waals surface area contributed by atoms with E-state index >= 15 is 0 Å². The maximum absolute atomic E-state index is 13.0. The van der Waals surface area contributed by atoms with Crippen molar-refractivity contribution in [2.75, 3.05) is 5.32 Å². The monoisotopic (exact) mass is 341 g/mol. The fraction of sp³-hybridized carbons (Fsp3) is 0.762. The summed E-state index contributed by atoms with van der Waals surface area (Å²) in [5.74, 6) is 1.81. The Morgan fingerprint density at radius 3 is 2.24 bits per heavy atom. The van der Waals surface area contributed by atoms with Gasteiger partial charge in [-0.05, 0) is 44.9 Å². The van der Waals surface area contributed by atoms with Gasteiger partial charge in [0.15, 0.2) is 5.82 Å². The van der Waals surface area contributed by atoms with E-state index in [1.807, 2.05) is 0 Å². The highest BCUT2D eigenvalue weighted by molar-refractivity contribution is 5.95. The molecular weight excluding hydrogens is 310 g/mol. The first-order valence-electron chi connectivity index (χ1n) is 10.5. The fourth-order valence-electron chi connectivity index (χ4n) is 4.83. The van der Waals surface area contributed by atoms with Gasteiger partial charge in [0, 0.05) is 23.2 Å². The van der Waals surface area contributed by atoms with Crippen LogP contribution in [0.5, 0.6) is 0 Å². The van der Waals surface area contributed by atoms with Crippen LogP contribution < -0.4 is 5.32 Å². The third-order valence-corrected chi connectivity index (χ3v) is 6.33. The van der Waals surface area contributed by atoms with Crippen molar-refractivity contribution < 1.29 is 4.79 Å². The predicted octanol–water partition coefficient (Wildman–Crippen LogP) is 4.86. The number of Topliss-reactive ketones (excluding diaryl/α,β-unsaturated/α-hetero) is 1. The Bertz CT molecular complexity index is 614. The minimum absolute atomic E-state index is 0.143. The molecule has 136 valence electrons. The summed E-state index contributed by atoms with van der Waals surface area (Å²) >= 11 is 0. The van der Waals surface area contributed by atoms with Crippen LogP contribution in [0.15, 0.2) is 0 Å². The minimum Gasteiger partial charge on any atom is -0.367 e. The van der Waals surface area contributed by atoms with Crippen LogP contribution in [0, 0.1) is 5.92 Å². The van der Waals surface area contributed by atoms with Crippen molar-refractivity contribution in [2.24, 2.45) is 5.92 Å². The first-order chi connectivity index (χ1) is 12.3. The highest BCUT2D eigenvalue weighted by atomic mass is 16.1. The number of hydrogen-bond acceptors (Lipinski definition) is 4. The van der Waals surface area contributed by atoms with Crippen molar-refractivity contribution in [3.8, 4) is 0 Å². The van der Waals surface area contributed by atoms with Gasteiger partial charge in [-0.25, -0.2) is 9.97 Å². The second-order valence-electron chi connectivity index (χ2n) is 8.21. The number of nitrogens with one attached hydrogen (secondary N) is 1. The number of carbonyl (C=O) groups is 1. The van der Waals surface area contributed by atoms with Gasteiger partial charge in [0.2, 0.25) is 5.78 Å². The lowest BCUT2D eigenvalue weighted by molar-refractivity contribution is 0.0897. The Morgan fingerprint density at radius 2 is 1.48 bits per heavy atom. The maximum atomic E-state index is 13.0. The SMILES string of the molecule is O=C(c1nc2c(c(NC3CCCCC3)n1)CCC2)C1CCCCCC1. The third-order valence-electron chi connectivity index (χ3n) is 6.33. The van der Waals surface area contributed by atoms with Gasteiger partial charge >= 0.3 is 0 Å². The van der Waals surface area contributed by atoms with E-state index in [1.165, 1.54) is 63.4 Å². The quantitative estimate of drug-likeness (QED) is 0.627. The van der Waals surface area contributed by atoms with Crippen molar-refractivity contribution in [1.82, 2.24) is 9.97 Å². The molecular formula is C21H31N3O. The van der Waals surface area contributed by atoms with E-state index in [0.717, 1.165) is 43.6 Å². The van der Waals surface area contributed by atoms with Crippen LogP contribution in [0.3, 0.4) is 0 Å². The van der Waals surface area contributed by atoms with Crippen molar-refractivity contribution in [3.05, 3.63) is 17.1 Å². The van der Waals surface area contributed by atoms with Crippen LogP contribution in [-0.2, 0) is 12.8 Å². The van der Waals surface area contributed by atoms with E-state index in [4.69, 9.17) is 9.97 Å². The molecule has 0 spiro atoms. The Balaban J connectivity index is 1.57. The normalized spacial score (nSPS) is 22.4. The van der Waals surface area contributed by atoms with E-state index in [0.29, 0.717) is 11.9 Å². The van der Waals surface area contributed by atoms with Crippen LogP contribution in [-0.4, -0.2) is 21.8 Å². The molecule has 3 aliphatic rings. The van der Waals surface area contributed by atoms with E-state index in [-0.39, 0.29) is 11.7 Å². The lowest BCUT2D eigenvalue weighted by Gasteiger charge is -2.24. The zero-order chi connectivity index (χ0) is 17.1. The Kier molecular flexibility index (Phi) is 5.33. The van der Waals surface area contributed by atoms with Crippen molar-refractivity contribution in [1.29, 1.82) is 0 Å². The largest absolute Gasteiger partial charge is 0.367 e. The van der Waals surface area contributed by atoms with Crippen LogP contribution in [0.25, 0.3) is 0 Å². The summed E-state index contributed by atoms with van der Waals surface area (Å²) in [7, 11) is 0. The van der Waals surface area contributed by atoms with E-state index in [9.17, 15) is 4.79 Å². The smallest absolute Gasteiger partial charge is 0.203 e. The average molecular weight is 341 g/mol. The molecule has 0 bridgehead atoms. The predicted molar refractivity (Wildman–Crippen MR) is 100 cm³/mol. The van der Waals surface area contributed by atoms with Crippen molar-refractivity contribution in [2.45, 2.75) is 95.9 Å². The zero-order valence-electron chi connectivity index (χ0n) is 15.4. The van der Waals surface area contributed by atoms with Crippen molar-refractivity contribution in [3.63, 3.8) is 0 Å². The van der Waals surface area contributed by atoms with Gasteiger partial charge in [0.1, 0.15) is 5.82 Å². The number of fused-ring (bicyclic) bond motifs is 1. The van der Waals surface area contributed by atoms with E-state index in [2.05, 4.69) is 5.32 Å². The van der Waals surface area contributed by atoms with Gasteiger partial charge in [-0.3, -0.25) is 4.79 Å². The summed E-state index contributed by atoms with van der Waals surface area (Å²) in [5, 5.41) is 3.69. The molecule has 1 aromatic heterocycles. The second-order valence-corrected chi connectivity index (χ2v) is 8.21. The molecule has 4 rings (SSSR count). The van der Waals surface area contributed by atoms with Crippen molar-refractivity contribution >= 4 is 11.6 Å². The topological polar surface area (TPSA) is 54.9 Å². The fourth-order valence-corrected chi connectivity index (χ4v) is 4.83. The second kappa shape index (κ2) is 7.84. The van der Waals surface area contributed by atoms with Crippen LogP contribution >= 0.6 is 0 Å². The summed E-state index contributed by atoms with van der Waals surface area (Å²) in [6.45, 7) is 0. The summed E-state index contributed by atoms with van der Waals surface area (Å²) in [5.41, 5.74) is 2.41. The van der Waals surface area contributed by atoms with Crippen LogP contribution in [0.4, 0.5) is 5.82 Å². The molecule has 2 saturated carbocycles. The van der Waals surface area contributed by atoms with Crippen LogP contribution in [0.1, 0.15) is 98.9 Å². The van der Waals surface area contributed by atoms with Gasteiger partial charge in [-0.1, -0.05) is 44.9 Å². The number of rotatable bonds is 4. The summed E-state index contributed by atoms with van der Waals surface area (Å²) in [4.78, 5) is 22.5. The summed E-state index contributed by atoms with van der Waals surface area (Å²) < 4.78 is 0. The Hall–Kier alpha value is -1.45. The van der Waals surface area contributed by atoms with Gasteiger partial charge in [0.05, 0.1) is 0 Å². The molecule has 4 heteroatoms. The summed E-state index contributed by atoms with van der Waals surface area (Å²) in [6, 6.07) is 0.522. The molecule has 4 nitrogen and oxygen atoms in total. The van der Waals surface area contributed by atoms with Gasteiger partial charge < -0.3 is 5.32 Å². The van der Waals surface area contributed by atoms with E-state index < -0.39 is 0 Å². The molecule has 2 fully saturated rings. The first kappa shape index (κ1) is 17.0. The molecule has 25 heavy (non-hydrogen) atoms. The van der Waals surface area contributed by atoms with Crippen LogP contribution in [0.2, 0.25) is 0 Å². The zero-order valence-corrected chi connectivity index (χ0v) is 15.4. The van der Waals surface area contributed by atoms with E-state index in [1.54, 1.807) is 0 Å². The summed E-state index contributed by atoms with van der Waals surface area (Å²) in [6.07, 6.45) is 16.5. The Morgan fingerprint density at radius 1 is 0.800 bits per heavy atom. The molecule has 0 saturated heterocycles. The Labute approximate surface area is 151 Å². The third kappa shape index (κ3) is 3.88. The number of aromatic nitrogens is 2. The molecule has 1 N–H and O–H groups in total. The molecule has 0 radical (unpaired) electrons. The standard InChI is InChI=1S/C21H31N3O/c25-19(15-9-4-1-2-5-10-15)21-23-18-14-8-13-17(18)20(24-21)22-16-11-6-3-7-12-16/h15-16H,1-14H2,(H,22,23,24). The number of nitrogens with zero attached hydrogens (tertiary/aromatic N) is 2. The molecule has 0 aliphatic heterocycles. The highest BCUT2D eigenvalue weighted by Crippen LogP contribution is 2.31. The lowest BCUT2D eigenvalue weighted by atomic mass is 9.94. The molecule has 0 aromatic carbocycles. The number of ketones is 1. The molecule has 1 heterocycles. The molecule has 1 aromatic rings. The maximum Gasteiger partial charge on any atom is 0.203 e. The van der Waals surface area contributed by atoms with Gasteiger partial charge in [-0.15, -0.1) is 0 Å². The molecule has 3 aliphatic carbocycles. The first-order valence-corrected chi connectivity index (χ1v) is 10.5. The minimum atomic E-state index is 0.143. The number of anilines is 1. The van der Waals surface area contributed by atoms with Gasteiger partial charge in [-0.2, -0.15) is 0 Å². The highest BCUT2D eigenvalue weighted by Gasteiger charge is 2.28. The average Bonchev–Trinajstić information content (AvgIpc) is 2.96. The molecule has 0 unspecified atom stereocenters. The molecule has 0 atom stereocenters. The lowest BCUT2D eigenvalue weighted by Crippen LogP contribution is -2.25. The number of carbonyl (C=O) groups excluding carboxylic acids is 1. The number of hydrogen-bond donors (Lipinski definition) is 1. The number of aryl methyl sites for hydroxylation is 1. The van der Waals surface area contributed by atoms with Gasteiger partial charge in [0.25, 0.3) is 0 Å². The molecule has 0 amide bonds.